The number of imidazole rings is 1. The van der Waals surface area contributed by atoms with Gasteiger partial charge >= 0.3 is 0 Å². The maximum atomic E-state index is 12.6. The van der Waals surface area contributed by atoms with E-state index < -0.39 is 0 Å². The quantitative estimate of drug-likeness (QED) is 0.928. The number of nitrogens with one attached hydrogen (secondary N) is 1. The number of rotatable bonds is 4. The Morgan fingerprint density at radius 2 is 2.10 bits per heavy atom. The van der Waals surface area contributed by atoms with Crippen molar-refractivity contribution >= 4 is 5.91 Å². The first-order chi connectivity index (χ1) is 9.64. The molecule has 0 unspecified atom stereocenters. The van der Waals surface area contributed by atoms with Crippen LogP contribution in [-0.2, 0) is 4.74 Å². The molecule has 2 rings (SSSR count). The van der Waals surface area contributed by atoms with Gasteiger partial charge in [0.1, 0.15) is 11.5 Å². The van der Waals surface area contributed by atoms with E-state index in [1.165, 1.54) is 0 Å². The van der Waals surface area contributed by atoms with Crippen molar-refractivity contribution in [3.8, 4) is 0 Å². The fraction of sp³-hybridized carbons (Fsp3) is 0.750. The molecule has 0 saturated heterocycles. The van der Waals surface area contributed by atoms with Crippen LogP contribution in [-0.4, -0.2) is 46.6 Å². The number of amides is 1. The zero-order valence-corrected chi connectivity index (χ0v) is 14.2. The van der Waals surface area contributed by atoms with E-state index >= 15 is 0 Å². The average Bonchev–Trinajstić information content (AvgIpc) is 2.92. The second-order valence-electron chi connectivity index (χ2n) is 7.13. The third kappa shape index (κ3) is 2.37. The summed E-state index contributed by atoms with van der Waals surface area (Å²) < 4.78 is 5.63. The molecule has 1 aliphatic carbocycles. The van der Waals surface area contributed by atoms with Gasteiger partial charge in [0.25, 0.3) is 5.91 Å². The van der Waals surface area contributed by atoms with Crippen molar-refractivity contribution < 1.29 is 9.53 Å². The lowest BCUT2D eigenvalue weighted by Crippen LogP contribution is -2.68. The van der Waals surface area contributed by atoms with Crippen LogP contribution in [0.4, 0.5) is 0 Å². The molecular weight excluding hydrogens is 266 g/mol. The van der Waals surface area contributed by atoms with Crippen molar-refractivity contribution in [3.05, 3.63) is 17.7 Å². The maximum Gasteiger partial charge on any atom is 0.271 e. The van der Waals surface area contributed by atoms with E-state index in [0.717, 1.165) is 12.2 Å². The largest absolute Gasteiger partial charge is 0.378 e. The highest BCUT2D eigenvalue weighted by atomic mass is 16.5. The molecule has 1 N–H and O–H groups in total. The minimum atomic E-state index is -0.177. The van der Waals surface area contributed by atoms with Gasteiger partial charge in [-0.1, -0.05) is 27.7 Å². The summed E-state index contributed by atoms with van der Waals surface area (Å²) in [4.78, 5) is 21.8. The van der Waals surface area contributed by atoms with Gasteiger partial charge < -0.3 is 14.6 Å². The van der Waals surface area contributed by atoms with Crippen LogP contribution < -0.4 is 0 Å². The Balaban J connectivity index is 2.14. The molecule has 2 atom stereocenters. The summed E-state index contributed by atoms with van der Waals surface area (Å²) in [6.45, 7) is 10.5. The number of carbonyl (C=O) groups excluding carboxylic acids is 1. The number of nitrogens with zero attached hydrogens (tertiary/aromatic N) is 2. The first kappa shape index (κ1) is 16.0. The standard InChI is InChI=1S/C16H27N3O2/c1-10(2)13-17-9-11(18-13)14(20)19(6)12-8-16(5,21-7)15(12,3)4/h9-10,12H,8H2,1-7H3,(H,17,18)/t12-,16+/m0/s1. The van der Waals surface area contributed by atoms with Gasteiger partial charge in [0.2, 0.25) is 0 Å². The van der Waals surface area contributed by atoms with Crippen LogP contribution in [0.2, 0.25) is 0 Å². The summed E-state index contributed by atoms with van der Waals surface area (Å²) >= 11 is 0. The molecule has 0 bridgehead atoms. The number of hydrogen-bond acceptors (Lipinski definition) is 3. The molecule has 1 heterocycles. The van der Waals surface area contributed by atoms with Gasteiger partial charge in [-0.15, -0.1) is 0 Å². The molecule has 5 heteroatoms. The number of carbonyl (C=O) groups is 1. The molecule has 0 radical (unpaired) electrons. The third-order valence-electron chi connectivity index (χ3n) is 5.39. The van der Waals surface area contributed by atoms with Crippen LogP contribution in [0.25, 0.3) is 0 Å². The Kier molecular flexibility index (Phi) is 3.91. The molecule has 5 nitrogen and oxygen atoms in total. The predicted molar refractivity (Wildman–Crippen MR) is 82.4 cm³/mol. The summed E-state index contributed by atoms with van der Waals surface area (Å²) in [6.07, 6.45) is 2.49. The average molecular weight is 293 g/mol. The molecule has 1 aromatic rings. The fourth-order valence-electron chi connectivity index (χ4n) is 3.15. The van der Waals surface area contributed by atoms with Crippen molar-refractivity contribution in [1.82, 2.24) is 14.9 Å². The normalized spacial score (nSPS) is 27.5. The highest BCUT2D eigenvalue weighted by molar-refractivity contribution is 5.92. The Morgan fingerprint density at radius 1 is 1.48 bits per heavy atom. The fourth-order valence-corrected chi connectivity index (χ4v) is 3.15. The lowest BCUT2D eigenvalue weighted by Gasteiger charge is -2.61. The van der Waals surface area contributed by atoms with Crippen molar-refractivity contribution in [2.45, 2.75) is 58.6 Å². The second kappa shape index (κ2) is 5.13. The highest BCUT2D eigenvalue weighted by Crippen LogP contribution is 2.53. The third-order valence-corrected chi connectivity index (χ3v) is 5.39. The van der Waals surface area contributed by atoms with Gasteiger partial charge in [-0.05, 0) is 13.3 Å². The number of hydrogen-bond donors (Lipinski definition) is 1. The molecule has 1 saturated carbocycles. The van der Waals surface area contributed by atoms with E-state index in [0.29, 0.717) is 5.69 Å². The molecule has 1 amide bonds. The molecule has 118 valence electrons. The molecule has 0 spiro atoms. The number of aromatic nitrogens is 2. The maximum absolute atomic E-state index is 12.6. The van der Waals surface area contributed by atoms with Gasteiger partial charge in [-0.3, -0.25) is 4.79 Å². The zero-order valence-electron chi connectivity index (χ0n) is 14.2. The van der Waals surface area contributed by atoms with E-state index in [-0.39, 0.29) is 28.9 Å². The molecule has 1 fully saturated rings. The second-order valence-corrected chi connectivity index (χ2v) is 7.13. The lowest BCUT2D eigenvalue weighted by atomic mass is 9.55. The summed E-state index contributed by atoms with van der Waals surface area (Å²) in [5.74, 6) is 1.13. The van der Waals surface area contributed by atoms with Crippen LogP contribution >= 0.6 is 0 Å². The monoisotopic (exact) mass is 293 g/mol. The zero-order chi connectivity index (χ0) is 16.0. The Hall–Kier alpha value is -1.36. The number of methoxy groups -OCH3 is 1. The van der Waals surface area contributed by atoms with E-state index in [4.69, 9.17) is 4.74 Å². The first-order valence-electron chi connectivity index (χ1n) is 7.51. The first-order valence-corrected chi connectivity index (χ1v) is 7.51. The van der Waals surface area contributed by atoms with Crippen LogP contribution in [0.1, 0.15) is 63.3 Å². The molecule has 1 aromatic heterocycles. The molecule has 21 heavy (non-hydrogen) atoms. The van der Waals surface area contributed by atoms with Gasteiger partial charge in [0, 0.05) is 31.5 Å². The van der Waals surface area contributed by atoms with Gasteiger partial charge in [0.15, 0.2) is 0 Å². The van der Waals surface area contributed by atoms with Crippen LogP contribution in [0, 0.1) is 5.41 Å². The van der Waals surface area contributed by atoms with Crippen molar-refractivity contribution in [1.29, 1.82) is 0 Å². The SMILES string of the molecule is CO[C@]1(C)C[C@H](N(C)C(=O)c2cnc(C(C)C)[nH]2)C1(C)C. The van der Waals surface area contributed by atoms with Crippen molar-refractivity contribution in [2.75, 3.05) is 14.2 Å². The van der Waals surface area contributed by atoms with E-state index in [1.54, 1.807) is 13.3 Å². The summed E-state index contributed by atoms with van der Waals surface area (Å²) in [7, 11) is 3.60. The topological polar surface area (TPSA) is 58.2 Å². The van der Waals surface area contributed by atoms with E-state index in [1.807, 2.05) is 11.9 Å². The summed E-state index contributed by atoms with van der Waals surface area (Å²) in [6, 6.07) is 0.167. The highest BCUT2D eigenvalue weighted by Gasteiger charge is 2.59. The molecule has 0 aromatic carbocycles. The Bertz CT molecular complexity index is 535. The van der Waals surface area contributed by atoms with E-state index in [9.17, 15) is 4.79 Å². The Labute approximate surface area is 127 Å². The molecule has 1 aliphatic rings. The number of ether oxygens (including phenoxy) is 1. The molecule has 0 aliphatic heterocycles. The van der Waals surface area contributed by atoms with Crippen molar-refractivity contribution in [3.63, 3.8) is 0 Å². The van der Waals surface area contributed by atoms with Crippen LogP contribution in [0.3, 0.4) is 0 Å². The van der Waals surface area contributed by atoms with Gasteiger partial charge in [-0.25, -0.2) is 4.98 Å². The van der Waals surface area contributed by atoms with Gasteiger partial charge in [-0.2, -0.15) is 0 Å². The number of H-pyrrole nitrogens is 1. The minimum Gasteiger partial charge on any atom is -0.378 e. The smallest absolute Gasteiger partial charge is 0.271 e. The minimum absolute atomic E-state index is 0.00868. The summed E-state index contributed by atoms with van der Waals surface area (Å²) in [5, 5.41) is 0. The van der Waals surface area contributed by atoms with Crippen molar-refractivity contribution in [2.24, 2.45) is 5.41 Å². The predicted octanol–water partition coefficient (Wildman–Crippen LogP) is 2.81. The van der Waals surface area contributed by atoms with Crippen LogP contribution in [0.15, 0.2) is 6.20 Å². The lowest BCUT2D eigenvalue weighted by molar-refractivity contribution is -0.198. The molecular formula is C16H27N3O2. The Morgan fingerprint density at radius 3 is 2.52 bits per heavy atom. The van der Waals surface area contributed by atoms with Gasteiger partial charge in [0.05, 0.1) is 11.8 Å². The van der Waals surface area contributed by atoms with Crippen LogP contribution in [0.5, 0.6) is 0 Å². The summed E-state index contributed by atoms with van der Waals surface area (Å²) in [5.41, 5.74) is 0.305. The number of aromatic amines is 1. The van der Waals surface area contributed by atoms with E-state index in [2.05, 4.69) is 44.6 Å².